The Balaban J connectivity index is 5.40. The lowest BCUT2D eigenvalue weighted by molar-refractivity contribution is -0.159. The average Bonchev–Trinajstić information content (AvgIpc) is 2.34. The predicted molar refractivity (Wildman–Crippen MR) is 70.5 cm³/mol. The van der Waals surface area contributed by atoms with Crippen LogP contribution in [0.25, 0.3) is 0 Å². The second kappa shape index (κ2) is 6.76. The molecule has 0 aromatic heterocycles. The van der Waals surface area contributed by atoms with Crippen LogP contribution in [0.3, 0.4) is 0 Å². The summed E-state index contributed by atoms with van der Waals surface area (Å²) in [4.78, 5) is 23.1. The first-order valence-corrected chi connectivity index (χ1v) is 6.81. The van der Waals surface area contributed by atoms with Crippen molar-refractivity contribution in [2.24, 2.45) is 10.8 Å². The van der Waals surface area contributed by atoms with Crippen LogP contribution in [0.2, 0.25) is 0 Å². The second-order valence-corrected chi connectivity index (χ2v) is 5.16. The molecule has 2 N–H and O–H groups in total. The van der Waals surface area contributed by atoms with Crippen molar-refractivity contribution in [3.63, 3.8) is 0 Å². The standard InChI is InChI=1S/C14H26O4/c1-5-9-14(8-4,12(17)18)10-13(6-2,7-3)11(15)16/h5-10H2,1-4H3,(H,15,16)(H,17,18). The topological polar surface area (TPSA) is 74.6 Å². The summed E-state index contributed by atoms with van der Waals surface area (Å²) >= 11 is 0. The molecule has 18 heavy (non-hydrogen) atoms. The molecular weight excluding hydrogens is 232 g/mol. The Morgan fingerprint density at radius 3 is 1.44 bits per heavy atom. The third kappa shape index (κ3) is 3.24. The molecule has 0 aliphatic rings. The van der Waals surface area contributed by atoms with Gasteiger partial charge in [0.25, 0.3) is 0 Å². The summed E-state index contributed by atoms with van der Waals surface area (Å²) in [6.45, 7) is 7.42. The Morgan fingerprint density at radius 1 is 0.833 bits per heavy atom. The van der Waals surface area contributed by atoms with Gasteiger partial charge in [0.15, 0.2) is 0 Å². The van der Waals surface area contributed by atoms with E-state index in [0.717, 1.165) is 6.42 Å². The van der Waals surface area contributed by atoms with Gasteiger partial charge in [0, 0.05) is 0 Å². The fourth-order valence-corrected chi connectivity index (χ4v) is 2.73. The zero-order valence-electron chi connectivity index (χ0n) is 12.0. The van der Waals surface area contributed by atoms with Gasteiger partial charge >= 0.3 is 11.9 Å². The molecule has 0 bridgehead atoms. The van der Waals surface area contributed by atoms with Gasteiger partial charge in [-0.3, -0.25) is 9.59 Å². The molecule has 0 aliphatic heterocycles. The smallest absolute Gasteiger partial charge is 0.309 e. The molecule has 0 amide bonds. The maximum atomic E-state index is 11.6. The maximum absolute atomic E-state index is 11.6. The zero-order chi connectivity index (χ0) is 14.4. The van der Waals surface area contributed by atoms with Crippen molar-refractivity contribution in [2.75, 3.05) is 0 Å². The molecule has 1 unspecified atom stereocenters. The van der Waals surface area contributed by atoms with Crippen LogP contribution in [-0.2, 0) is 9.59 Å². The van der Waals surface area contributed by atoms with E-state index >= 15 is 0 Å². The van der Waals surface area contributed by atoms with Gasteiger partial charge < -0.3 is 10.2 Å². The largest absolute Gasteiger partial charge is 0.481 e. The molecule has 0 rings (SSSR count). The Bertz CT molecular complexity index is 294. The first-order valence-electron chi connectivity index (χ1n) is 6.81. The summed E-state index contributed by atoms with van der Waals surface area (Å²) in [6, 6.07) is 0. The highest BCUT2D eigenvalue weighted by Gasteiger charge is 2.46. The first kappa shape index (κ1) is 16.9. The van der Waals surface area contributed by atoms with E-state index in [1.54, 1.807) is 0 Å². The third-order valence-electron chi connectivity index (χ3n) is 4.34. The van der Waals surface area contributed by atoms with E-state index in [0.29, 0.717) is 25.7 Å². The van der Waals surface area contributed by atoms with Crippen LogP contribution in [0.4, 0.5) is 0 Å². The van der Waals surface area contributed by atoms with Crippen LogP contribution in [0.5, 0.6) is 0 Å². The highest BCUT2D eigenvalue weighted by molar-refractivity contribution is 5.79. The van der Waals surface area contributed by atoms with Crippen LogP contribution in [-0.4, -0.2) is 22.2 Å². The van der Waals surface area contributed by atoms with E-state index in [1.807, 2.05) is 27.7 Å². The molecule has 0 spiro atoms. The van der Waals surface area contributed by atoms with E-state index in [1.165, 1.54) is 0 Å². The van der Waals surface area contributed by atoms with Crippen LogP contribution in [0, 0.1) is 10.8 Å². The molecule has 0 aromatic carbocycles. The number of carboxylic acids is 2. The fourth-order valence-electron chi connectivity index (χ4n) is 2.73. The van der Waals surface area contributed by atoms with Gasteiger partial charge in [-0.05, 0) is 32.1 Å². The quantitative estimate of drug-likeness (QED) is 0.663. The highest BCUT2D eigenvalue weighted by Crippen LogP contribution is 2.44. The SMILES string of the molecule is CCCC(CC)(CC(CC)(CC)C(=O)O)C(=O)O. The normalized spacial score (nSPS) is 15.1. The van der Waals surface area contributed by atoms with Crippen molar-refractivity contribution in [3.05, 3.63) is 0 Å². The van der Waals surface area contributed by atoms with Crippen molar-refractivity contribution >= 4 is 11.9 Å². The molecule has 0 saturated carbocycles. The minimum Gasteiger partial charge on any atom is -0.481 e. The van der Waals surface area contributed by atoms with Crippen molar-refractivity contribution in [1.82, 2.24) is 0 Å². The van der Waals surface area contributed by atoms with Gasteiger partial charge in [-0.25, -0.2) is 0 Å². The Morgan fingerprint density at radius 2 is 1.22 bits per heavy atom. The predicted octanol–water partition coefficient (Wildman–Crippen LogP) is 3.55. The van der Waals surface area contributed by atoms with E-state index < -0.39 is 22.8 Å². The molecule has 0 heterocycles. The Hall–Kier alpha value is -1.06. The van der Waals surface area contributed by atoms with Gasteiger partial charge in [0.05, 0.1) is 10.8 Å². The number of hydrogen-bond acceptors (Lipinski definition) is 2. The maximum Gasteiger partial charge on any atom is 0.309 e. The summed E-state index contributed by atoms with van der Waals surface area (Å²) in [7, 11) is 0. The molecule has 4 heteroatoms. The van der Waals surface area contributed by atoms with Gasteiger partial charge in [-0.1, -0.05) is 34.1 Å². The molecule has 1 atom stereocenters. The zero-order valence-corrected chi connectivity index (χ0v) is 12.0. The van der Waals surface area contributed by atoms with Crippen LogP contribution in [0.1, 0.15) is 66.2 Å². The fraction of sp³-hybridized carbons (Fsp3) is 0.857. The van der Waals surface area contributed by atoms with Crippen LogP contribution in [0.15, 0.2) is 0 Å². The number of hydrogen-bond donors (Lipinski definition) is 2. The first-order chi connectivity index (χ1) is 8.34. The third-order valence-corrected chi connectivity index (χ3v) is 4.34. The van der Waals surface area contributed by atoms with Gasteiger partial charge in [-0.2, -0.15) is 0 Å². The Labute approximate surface area is 109 Å². The molecule has 0 fully saturated rings. The lowest BCUT2D eigenvalue weighted by Crippen LogP contribution is -2.41. The highest BCUT2D eigenvalue weighted by atomic mass is 16.4. The Kier molecular flexibility index (Phi) is 6.36. The lowest BCUT2D eigenvalue weighted by Gasteiger charge is -2.37. The van der Waals surface area contributed by atoms with E-state index in [4.69, 9.17) is 0 Å². The number of carbonyl (C=O) groups is 2. The summed E-state index contributed by atoms with van der Waals surface area (Å²) in [6.07, 6.45) is 2.93. The van der Waals surface area contributed by atoms with Gasteiger partial charge in [0.1, 0.15) is 0 Å². The van der Waals surface area contributed by atoms with Gasteiger partial charge in [-0.15, -0.1) is 0 Å². The molecule has 0 saturated heterocycles. The minimum absolute atomic E-state index is 0.224. The van der Waals surface area contributed by atoms with Crippen molar-refractivity contribution in [1.29, 1.82) is 0 Å². The molecule has 4 nitrogen and oxygen atoms in total. The lowest BCUT2D eigenvalue weighted by atomic mass is 9.65. The monoisotopic (exact) mass is 258 g/mol. The number of aliphatic carboxylic acids is 2. The summed E-state index contributed by atoms with van der Waals surface area (Å²) in [5.74, 6) is -1.73. The van der Waals surface area contributed by atoms with Crippen LogP contribution >= 0.6 is 0 Å². The van der Waals surface area contributed by atoms with Crippen molar-refractivity contribution in [2.45, 2.75) is 66.2 Å². The molecular formula is C14H26O4. The van der Waals surface area contributed by atoms with E-state index in [2.05, 4.69) is 0 Å². The van der Waals surface area contributed by atoms with E-state index in [9.17, 15) is 19.8 Å². The van der Waals surface area contributed by atoms with Gasteiger partial charge in [0.2, 0.25) is 0 Å². The molecule has 0 radical (unpaired) electrons. The summed E-state index contributed by atoms with van der Waals surface area (Å²) in [5.41, 5.74) is -1.82. The minimum atomic E-state index is -0.913. The number of carboxylic acid groups (broad SMARTS) is 2. The molecule has 0 aromatic rings. The second-order valence-electron chi connectivity index (χ2n) is 5.16. The summed E-state index contributed by atoms with van der Waals surface area (Å²) < 4.78 is 0. The van der Waals surface area contributed by atoms with Crippen molar-refractivity contribution < 1.29 is 19.8 Å². The van der Waals surface area contributed by atoms with Crippen LogP contribution < -0.4 is 0 Å². The summed E-state index contributed by atoms with van der Waals surface area (Å²) in [5, 5.41) is 18.9. The van der Waals surface area contributed by atoms with Crippen molar-refractivity contribution in [3.8, 4) is 0 Å². The molecule has 106 valence electrons. The van der Waals surface area contributed by atoms with E-state index in [-0.39, 0.29) is 6.42 Å². The molecule has 0 aliphatic carbocycles. The average molecular weight is 258 g/mol. The number of rotatable bonds is 9.